The summed E-state index contributed by atoms with van der Waals surface area (Å²) >= 11 is 0. The molecule has 0 amide bonds. The van der Waals surface area contributed by atoms with Crippen LogP contribution in [0.4, 0.5) is 0 Å². The van der Waals surface area contributed by atoms with Crippen LogP contribution in [0, 0.1) is 0 Å². The van der Waals surface area contributed by atoms with E-state index < -0.39 is 11.9 Å². The Morgan fingerprint density at radius 1 is 1.00 bits per heavy atom. The molecule has 0 radical (unpaired) electrons. The Balaban J connectivity index is 0.000000823. The van der Waals surface area contributed by atoms with E-state index in [0.717, 1.165) is 30.9 Å². The molecule has 0 aliphatic carbocycles. The summed E-state index contributed by atoms with van der Waals surface area (Å²) in [4.78, 5) is 20.3. The van der Waals surface area contributed by atoms with Gasteiger partial charge in [0, 0.05) is 25.2 Å². The number of likely N-dealkylation sites (N-methyl/N-ethyl adjacent to an activating group) is 1. The van der Waals surface area contributed by atoms with Crippen LogP contribution in [0.25, 0.3) is 0 Å². The average molecular weight is 358 g/mol. The van der Waals surface area contributed by atoms with Crippen molar-refractivity contribution in [3.05, 3.63) is 17.7 Å². The number of rotatable bonds is 8. The Morgan fingerprint density at radius 3 is 1.96 bits per heavy atom. The van der Waals surface area contributed by atoms with E-state index in [-0.39, 0.29) is 0 Å². The second-order valence-electron chi connectivity index (χ2n) is 5.08. The molecule has 0 saturated heterocycles. The minimum atomic E-state index is -1.82. The van der Waals surface area contributed by atoms with Crippen LogP contribution < -0.4 is 19.5 Å². The fourth-order valence-electron chi connectivity index (χ4n) is 1.83. The zero-order valence-corrected chi connectivity index (χ0v) is 15.2. The van der Waals surface area contributed by atoms with Gasteiger partial charge in [0.2, 0.25) is 5.75 Å². The van der Waals surface area contributed by atoms with Crippen molar-refractivity contribution in [3.8, 4) is 17.2 Å². The first-order chi connectivity index (χ1) is 11.8. The molecule has 0 aliphatic heterocycles. The second kappa shape index (κ2) is 11.9. The van der Waals surface area contributed by atoms with Crippen molar-refractivity contribution in [3.63, 3.8) is 0 Å². The van der Waals surface area contributed by atoms with Crippen LogP contribution in [0.5, 0.6) is 17.2 Å². The molecule has 9 heteroatoms. The standard InChI is InChI=1S/C14H24N2O3.C2H2O4/c1-16(2)9-8-15-10-11-6-7-12(17-3)14(19-5)13(11)18-4;3-1(4)2(5)6/h6-7,15H,8-10H2,1-5H3;(H,3,4)(H,5,6). The fourth-order valence-corrected chi connectivity index (χ4v) is 1.83. The van der Waals surface area contributed by atoms with Crippen LogP contribution in [0.2, 0.25) is 0 Å². The van der Waals surface area contributed by atoms with Gasteiger partial charge in [-0.2, -0.15) is 0 Å². The van der Waals surface area contributed by atoms with E-state index in [1.165, 1.54) is 0 Å². The zero-order chi connectivity index (χ0) is 19.4. The largest absolute Gasteiger partial charge is 0.493 e. The molecule has 0 spiro atoms. The Kier molecular flexibility index (Phi) is 10.7. The van der Waals surface area contributed by atoms with E-state index in [9.17, 15) is 0 Å². The maximum absolute atomic E-state index is 9.10. The predicted molar refractivity (Wildman–Crippen MR) is 91.6 cm³/mol. The number of nitrogens with one attached hydrogen (secondary N) is 1. The van der Waals surface area contributed by atoms with Crippen LogP contribution in [-0.2, 0) is 16.1 Å². The molecular formula is C16H26N2O7. The van der Waals surface area contributed by atoms with Crippen molar-refractivity contribution in [1.29, 1.82) is 0 Å². The molecule has 0 fully saturated rings. The molecule has 1 aromatic carbocycles. The van der Waals surface area contributed by atoms with Crippen molar-refractivity contribution in [1.82, 2.24) is 10.2 Å². The minimum absolute atomic E-state index is 0.636. The molecule has 142 valence electrons. The van der Waals surface area contributed by atoms with E-state index in [0.29, 0.717) is 11.5 Å². The summed E-state index contributed by atoms with van der Waals surface area (Å²) in [5, 5.41) is 18.2. The SMILES string of the molecule is COc1ccc(CNCCN(C)C)c(OC)c1OC.O=C(O)C(=O)O. The highest BCUT2D eigenvalue weighted by atomic mass is 16.5. The smallest absolute Gasteiger partial charge is 0.414 e. The number of carboxylic acids is 2. The molecule has 0 atom stereocenters. The number of carbonyl (C=O) groups is 2. The van der Waals surface area contributed by atoms with Crippen LogP contribution in [0.15, 0.2) is 12.1 Å². The van der Waals surface area contributed by atoms with Crippen LogP contribution in [0.1, 0.15) is 5.56 Å². The van der Waals surface area contributed by atoms with E-state index in [1.54, 1.807) is 21.3 Å². The Hall–Kier alpha value is -2.52. The predicted octanol–water partition coefficient (Wildman–Crippen LogP) is 0.519. The quantitative estimate of drug-likeness (QED) is 0.451. The molecule has 1 rings (SSSR count). The molecule has 1 aromatic rings. The summed E-state index contributed by atoms with van der Waals surface area (Å²) in [6.07, 6.45) is 0. The highest BCUT2D eigenvalue weighted by Crippen LogP contribution is 2.39. The van der Waals surface area contributed by atoms with Gasteiger partial charge in [-0.1, -0.05) is 6.07 Å². The van der Waals surface area contributed by atoms with Crippen LogP contribution in [0.3, 0.4) is 0 Å². The monoisotopic (exact) mass is 358 g/mol. The lowest BCUT2D eigenvalue weighted by Crippen LogP contribution is -2.26. The number of methoxy groups -OCH3 is 3. The first kappa shape index (κ1) is 22.5. The summed E-state index contributed by atoms with van der Waals surface area (Å²) in [5.41, 5.74) is 1.05. The average Bonchev–Trinajstić information content (AvgIpc) is 2.57. The van der Waals surface area contributed by atoms with E-state index in [4.69, 9.17) is 34.0 Å². The lowest BCUT2D eigenvalue weighted by Gasteiger charge is -2.16. The topological polar surface area (TPSA) is 118 Å². The molecule has 0 aromatic heterocycles. The number of hydrogen-bond donors (Lipinski definition) is 3. The van der Waals surface area contributed by atoms with Gasteiger partial charge in [-0.3, -0.25) is 0 Å². The van der Waals surface area contributed by atoms with Crippen molar-refractivity contribution in [2.24, 2.45) is 0 Å². The minimum Gasteiger partial charge on any atom is -0.493 e. The third kappa shape index (κ3) is 8.23. The second-order valence-corrected chi connectivity index (χ2v) is 5.08. The molecule has 0 aliphatic rings. The molecule has 0 bridgehead atoms. The Morgan fingerprint density at radius 2 is 1.56 bits per heavy atom. The molecule has 0 saturated carbocycles. The van der Waals surface area contributed by atoms with E-state index in [1.807, 2.05) is 12.1 Å². The van der Waals surface area contributed by atoms with Crippen LogP contribution >= 0.6 is 0 Å². The summed E-state index contributed by atoms with van der Waals surface area (Å²) in [6.45, 7) is 2.65. The van der Waals surface area contributed by atoms with Gasteiger partial charge < -0.3 is 34.6 Å². The van der Waals surface area contributed by atoms with Crippen molar-refractivity contribution < 1.29 is 34.0 Å². The highest BCUT2D eigenvalue weighted by Gasteiger charge is 2.15. The number of ether oxygens (including phenoxy) is 3. The number of carboxylic acid groups (broad SMARTS) is 2. The van der Waals surface area contributed by atoms with Gasteiger partial charge in [0.25, 0.3) is 0 Å². The van der Waals surface area contributed by atoms with Gasteiger partial charge in [0.05, 0.1) is 21.3 Å². The number of benzene rings is 1. The van der Waals surface area contributed by atoms with Crippen molar-refractivity contribution in [2.75, 3.05) is 48.5 Å². The summed E-state index contributed by atoms with van der Waals surface area (Å²) in [5.74, 6) is -1.61. The third-order valence-corrected chi connectivity index (χ3v) is 3.02. The number of aliphatic carboxylic acids is 2. The zero-order valence-electron chi connectivity index (χ0n) is 15.2. The van der Waals surface area contributed by atoms with Gasteiger partial charge >= 0.3 is 11.9 Å². The normalized spacial score (nSPS) is 9.84. The van der Waals surface area contributed by atoms with Gasteiger partial charge in [-0.25, -0.2) is 9.59 Å². The van der Waals surface area contributed by atoms with E-state index >= 15 is 0 Å². The third-order valence-electron chi connectivity index (χ3n) is 3.02. The first-order valence-electron chi connectivity index (χ1n) is 7.37. The van der Waals surface area contributed by atoms with Crippen molar-refractivity contribution in [2.45, 2.75) is 6.54 Å². The molecule has 0 unspecified atom stereocenters. The summed E-state index contributed by atoms with van der Waals surface area (Å²) < 4.78 is 16.0. The van der Waals surface area contributed by atoms with Gasteiger partial charge in [0.1, 0.15) is 0 Å². The summed E-state index contributed by atoms with van der Waals surface area (Å²) in [6, 6.07) is 3.88. The van der Waals surface area contributed by atoms with Gasteiger partial charge in [-0.15, -0.1) is 0 Å². The van der Waals surface area contributed by atoms with Crippen LogP contribution in [-0.4, -0.2) is 75.6 Å². The molecule has 0 heterocycles. The Labute approximate surface area is 147 Å². The highest BCUT2D eigenvalue weighted by molar-refractivity contribution is 6.27. The number of nitrogens with zero attached hydrogens (tertiary/aromatic N) is 1. The molecular weight excluding hydrogens is 332 g/mol. The lowest BCUT2D eigenvalue weighted by atomic mass is 10.1. The fraction of sp³-hybridized carbons (Fsp3) is 0.500. The van der Waals surface area contributed by atoms with E-state index in [2.05, 4.69) is 24.3 Å². The molecule has 3 N–H and O–H groups in total. The summed E-state index contributed by atoms with van der Waals surface area (Å²) in [7, 11) is 8.98. The molecule has 25 heavy (non-hydrogen) atoms. The van der Waals surface area contributed by atoms with Crippen molar-refractivity contribution >= 4 is 11.9 Å². The lowest BCUT2D eigenvalue weighted by molar-refractivity contribution is -0.159. The molecule has 9 nitrogen and oxygen atoms in total. The Bertz CT molecular complexity index is 550. The first-order valence-corrected chi connectivity index (χ1v) is 7.37. The van der Waals surface area contributed by atoms with Gasteiger partial charge in [0.15, 0.2) is 11.5 Å². The number of hydrogen-bond acceptors (Lipinski definition) is 7. The maximum atomic E-state index is 9.10. The van der Waals surface area contributed by atoms with Gasteiger partial charge in [-0.05, 0) is 20.2 Å². The maximum Gasteiger partial charge on any atom is 0.414 e.